The molecule has 2 saturated heterocycles. The summed E-state index contributed by atoms with van der Waals surface area (Å²) in [5, 5.41) is 23.1. The van der Waals surface area contributed by atoms with E-state index in [2.05, 4.69) is 10.3 Å². The summed E-state index contributed by atoms with van der Waals surface area (Å²) >= 11 is 0. The monoisotopic (exact) mass is 627 g/mol. The minimum Gasteiger partial charge on any atom is -0.488 e. The third-order valence-electron chi connectivity index (χ3n) is 8.28. The number of hydrogen-bond acceptors (Lipinski definition) is 9. The Hall–Kier alpha value is -4.79. The average Bonchev–Trinajstić information content (AvgIpc) is 3.77. The second-order valence-corrected chi connectivity index (χ2v) is 11.6. The zero-order valence-electron chi connectivity index (χ0n) is 24.3. The predicted molar refractivity (Wildman–Crippen MR) is 156 cm³/mol. The molecule has 0 bridgehead atoms. The van der Waals surface area contributed by atoms with Gasteiger partial charge < -0.3 is 34.5 Å². The van der Waals surface area contributed by atoms with E-state index in [1.807, 2.05) is 0 Å². The minimum atomic E-state index is -1.39. The van der Waals surface area contributed by atoms with Crippen LogP contribution in [-0.2, 0) is 9.53 Å². The molecule has 4 heterocycles. The molecule has 2 amide bonds. The van der Waals surface area contributed by atoms with Crippen molar-refractivity contribution in [2.45, 2.75) is 50.4 Å². The number of carbonyl (C=O) groups excluding carboxylic acids is 2. The number of ether oxygens (including phenoxy) is 2. The molecule has 1 atom stereocenters. The van der Waals surface area contributed by atoms with Crippen LogP contribution in [0.5, 0.6) is 5.75 Å². The fourth-order valence-electron chi connectivity index (χ4n) is 5.60. The van der Waals surface area contributed by atoms with Crippen LogP contribution in [0.2, 0.25) is 0 Å². The van der Waals surface area contributed by atoms with Gasteiger partial charge in [0, 0.05) is 38.3 Å². The molecule has 6 rings (SSSR count). The topological polar surface area (TPSA) is 164 Å². The van der Waals surface area contributed by atoms with Crippen LogP contribution in [0.3, 0.4) is 0 Å². The van der Waals surface area contributed by atoms with Gasteiger partial charge in [0.1, 0.15) is 29.5 Å². The predicted octanol–water partition coefficient (Wildman–Crippen LogP) is 2.58. The standard InChI is InChI=1S/C30H31F2N5O8/c1-16(38)33-12-19-13-37(29(42)45-19)18-4-5-24(22(31)10-18)44-15-30(43)6-8-35(9-7-30)27-23(32)11-20-25(39)21(28(40)41)14-36(17-2-3-17)26(20)34-27/h4-5,10-11,14,17,19,43H,2-3,6-9,12-13,15H2,1H3,(H,33,38)(H,40,41)/t19-/m1/s1. The number of aliphatic hydroxyl groups is 1. The van der Waals surface area contributed by atoms with Crippen LogP contribution in [0.15, 0.2) is 35.3 Å². The molecule has 2 aliphatic heterocycles. The van der Waals surface area contributed by atoms with Crippen molar-refractivity contribution in [1.29, 1.82) is 0 Å². The number of aromatic carboxylic acids is 1. The van der Waals surface area contributed by atoms with Crippen molar-refractivity contribution in [2.24, 2.45) is 0 Å². The van der Waals surface area contributed by atoms with Gasteiger partial charge in [-0.05, 0) is 43.9 Å². The highest BCUT2D eigenvalue weighted by Crippen LogP contribution is 2.38. The molecule has 3 aliphatic rings. The van der Waals surface area contributed by atoms with E-state index in [9.17, 15) is 33.8 Å². The maximum atomic E-state index is 15.3. The number of halogens is 2. The van der Waals surface area contributed by atoms with Gasteiger partial charge in [-0.1, -0.05) is 0 Å². The molecule has 1 aliphatic carbocycles. The first-order valence-corrected chi connectivity index (χ1v) is 14.5. The van der Waals surface area contributed by atoms with Crippen molar-refractivity contribution in [1.82, 2.24) is 14.9 Å². The van der Waals surface area contributed by atoms with Gasteiger partial charge in [0.2, 0.25) is 11.3 Å². The first-order chi connectivity index (χ1) is 21.4. The SMILES string of the molecule is CC(=O)NC[C@@H]1CN(c2ccc(OCC3(O)CCN(c4nc5c(cc4F)c(=O)c(C(=O)O)cn5C4CC4)CC3)c(F)c2)C(=O)O1. The third kappa shape index (κ3) is 6.12. The largest absolute Gasteiger partial charge is 0.488 e. The van der Waals surface area contributed by atoms with Gasteiger partial charge >= 0.3 is 12.1 Å². The quantitative estimate of drug-likeness (QED) is 0.321. The highest BCUT2D eigenvalue weighted by Gasteiger charge is 2.36. The summed E-state index contributed by atoms with van der Waals surface area (Å²) in [5.41, 5.74) is -2.14. The Labute approximate surface area is 255 Å². The smallest absolute Gasteiger partial charge is 0.414 e. The maximum Gasteiger partial charge on any atom is 0.414 e. The van der Waals surface area contributed by atoms with E-state index >= 15 is 4.39 Å². The Kier molecular flexibility index (Phi) is 7.81. The van der Waals surface area contributed by atoms with Crippen LogP contribution in [0.4, 0.5) is 25.1 Å². The zero-order chi connectivity index (χ0) is 32.0. The van der Waals surface area contributed by atoms with Gasteiger partial charge in [-0.3, -0.25) is 14.5 Å². The lowest BCUT2D eigenvalue weighted by Crippen LogP contribution is -2.48. The Morgan fingerprint density at radius 2 is 1.89 bits per heavy atom. The van der Waals surface area contributed by atoms with Gasteiger partial charge in [-0.15, -0.1) is 0 Å². The molecule has 45 heavy (non-hydrogen) atoms. The number of nitrogens with zero attached hydrogens (tertiary/aromatic N) is 4. The fourth-order valence-corrected chi connectivity index (χ4v) is 5.60. The molecular formula is C30H31F2N5O8. The molecule has 15 heteroatoms. The molecular weight excluding hydrogens is 596 g/mol. The maximum absolute atomic E-state index is 15.3. The van der Waals surface area contributed by atoms with E-state index in [-0.39, 0.29) is 85.9 Å². The molecule has 3 aromatic rings. The van der Waals surface area contributed by atoms with Crippen molar-refractivity contribution in [2.75, 3.05) is 42.6 Å². The molecule has 238 valence electrons. The number of nitrogens with one attached hydrogen (secondary N) is 1. The second-order valence-electron chi connectivity index (χ2n) is 11.6. The normalized spacial score (nSPS) is 19.5. The molecule has 3 fully saturated rings. The summed E-state index contributed by atoms with van der Waals surface area (Å²) in [4.78, 5) is 55.0. The van der Waals surface area contributed by atoms with Gasteiger partial charge in [0.15, 0.2) is 23.2 Å². The molecule has 13 nitrogen and oxygen atoms in total. The van der Waals surface area contributed by atoms with Crippen molar-refractivity contribution >= 4 is 40.5 Å². The van der Waals surface area contributed by atoms with E-state index in [1.165, 1.54) is 30.2 Å². The van der Waals surface area contributed by atoms with Crippen LogP contribution in [0.1, 0.15) is 49.0 Å². The number of cyclic esters (lactones) is 1. The minimum absolute atomic E-state index is 0.0104. The molecule has 0 unspecified atom stereocenters. The second kappa shape index (κ2) is 11.6. The fraction of sp³-hybridized carbons (Fsp3) is 0.433. The number of fused-ring (bicyclic) bond motifs is 1. The van der Waals surface area contributed by atoms with E-state index in [0.29, 0.717) is 0 Å². The van der Waals surface area contributed by atoms with Crippen molar-refractivity contribution in [3.63, 3.8) is 0 Å². The lowest BCUT2D eigenvalue weighted by atomic mass is 9.92. The number of carboxylic acids is 1. The highest BCUT2D eigenvalue weighted by atomic mass is 19.1. The zero-order valence-corrected chi connectivity index (χ0v) is 24.3. The van der Waals surface area contributed by atoms with Crippen molar-refractivity contribution < 1.29 is 42.9 Å². The van der Waals surface area contributed by atoms with Crippen molar-refractivity contribution in [3.05, 3.63) is 57.9 Å². The Balaban J connectivity index is 1.11. The molecule has 0 spiro atoms. The molecule has 0 radical (unpaired) electrons. The van der Waals surface area contributed by atoms with Gasteiger partial charge in [-0.2, -0.15) is 0 Å². The Bertz CT molecular complexity index is 1750. The van der Waals surface area contributed by atoms with Crippen LogP contribution in [-0.4, -0.2) is 82.2 Å². The summed E-state index contributed by atoms with van der Waals surface area (Å²) in [6.07, 6.45) is 1.89. The summed E-state index contributed by atoms with van der Waals surface area (Å²) in [7, 11) is 0. The van der Waals surface area contributed by atoms with E-state index in [0.717, 1.165) is 25.0 Å². The van der Waals surface area contributed by atoms with E-state index < -0.39 is 46.4 Å². The van der Waals surface area contributed by atoms with Gasteiger partial charge in [0.05, 0.1) is 24.2 Å². The van der Waals surface area contributed by atoms with Crippen molar-refractivity contribution in [3.8, 4) is 5.75 Å². The van der Waals surface area contributed by atoms with Gasteiger partial charge in [0.25, 0.3) is 0 Å². The summed E-state index contributed by atoms with van der Waals surface area (Å²) in [6.45, 7) is 1.75. The average molecular weight is 628 g/mol. The number of carboxylic acid groups (broad SMARTS) is 1. The lowest BCUT2D eigenvalue weighted by Gasteiger charge is -2.38. The van der Waals surface area contributed by atoms with Crippen LogP contribution >= 0.6 is 0 Å². The Morgan fingerprint density at radius 3 is 2.53 bits per heavy atom. The van der Waals surface area contributed by atoms with Crippen LogP contribution < -0.4 is 25.3 Å². The Morgan fingerprint density at radius 1 is 1.16 bits per heavy atom. The number of aromatic nitrogens is 2. The third-order valence-corrected chi connectivity index (χ3v) is 8.28. The van der Waals surface area contributed by atoms with Crippen LogP contribution in [0, 0.1) is 11.6 Å². The van der Waals surface area contributed by atoms with E-state index in [4.69, 9.17) is 9.47 Å². The first-order valence-electron chi connectivity index (χ1n) is 14.5. The number of pyridine rings is 2. The number of piperidine rings is 1. The number of benzene rings is 1. The molecule has 3 N–H and O–H groups in total. The number of carbonyl (C=O) groups is 3. The number of amides is 2. The van der Waals surface area contributed by atoms with Crippen LogP contribution in [0.25, 0.3) is 11.0 Å². The first kappa shape index (κ1) is 30.2. The van der Waals surface area contributed by atoms with E-state index in [1.54, 1.807) is 9.47 Å². The summed E-state index contributed by atoms with van der Waals surface area (Å²) in [5.74, 6) is -3.32. The number of anilines is 2. The number of hydrogen-bond donors (Lipinski definition) is 3. The summed E-state index contributed by atoms with van der Waals surface area (Å²) in [6, 6.07) is 4.96. The lowest BCUT2D eigenvalue weighted by molar-refractivity contribution is -0.119. The summed E-state index contributed by atoms with van der Waals surface area (Å²) < 4.78 is 42.7. The molecule has 1 saturated carbocycles. The highest BCUT2D eigenvalue weighted by molar-refractivity contribution is 5.92. The number of rotatable bonds is 9. The van der Waals surface area contributed by atoms with Gasteiger partial charge in [-0.25, -0.2) is 23.4 Å². The molecule has 1 aromatic carbocycles. The molecule has 2 aromatic heterocycles.